The second-order valence-electron chi connectivity index (χ2n) is 6.59. The second kappa shape index (κ2) is 3.47. The van der Waals surface area contributed by atoms with E-state index in [0.717, 1.165) is 32.2 Å². The molecule has 0 aromatic rings. The van der Waals surface area contributed by atoms with Gasteiger partial charge in [-0.25, -0.2) is 0 Å². The molecule has 4 heteroatoms. The molecule has 4 atom stereocenters. The topological polar surface area (TPSA) is 56.5 Å². The molecule has 1 N–H and O–H groups in total. The van der Waals surface area contributed by atoms with Crippen molar-refractivity contribution in [3.8, 4) is 6.07 Å². The largest absolute Gasteiger partial charge is 0.387 e. The Morgan fingerprint density at radius 1 is 1.28 bits per heavy atom. The molecule has 98 valence electrons. The zero-order chi connectivity index (χ0) is 12.4. The Kier molecular flexibility index (Phi) is 2.16. The summed E-state index contributed by atoms with van der Waals surface area (Å²) in [7, 11) is 0. The first-order valence-corrected chi connectivity index (χ1v) is 7.20. The molecule has 4 fully saturated rings. The van der Waals surface area contributed by atoms with E-state index in [9.17, 15) is 10.4 Å². The average molecular weight is 248 g/mol. The van der Waals surface area contributed by atoms with E-state index in [0.29, 0.717) is 12.6 Å². The Morgan fingerprint density at radius 2 is 2.11 bits per heavy atom. The van der Waals surface area contributed by atoms with E-state index >= 15 is 0 Å². The van der Waals surface area contributed by atoms with Crippen molar-refractivity contribution in [2.75, 3.05) is 13.1 Å². The molecule has 1 saturated carbocycles. The molecular formula is C14H20N2O2. The van der Waals surface area contributed by atoms with Gasteiger partial charge in [0.05, 0.1) is 23.9 Å². The van der Waals surface area contributed by atoms with Gasteiger partial charge in [0.2, 0.25) is 0 Å². The van der Waals surface area contributed by atoms with Crippen LogP contribution in [-0.2, 0) is 4.74 Å². The van der Waals surface area contributed by atoms with Crippen molar-refractivity contribution in [1.82, 2.24) is 4.90 Å². The molecular weight excluding hydrogens is 228 g/mol. The molecule has 4 aliphatic rings. The molecule has 1 aliphatic carbocycles. The summed E-state index contributed by atoms with van der Waals surface area (Å²) in [4.78, 5) is 2.38. The lowest BCUT2D eigenvalue weighted by Gasteiger charge is -2.41. The Labute approximate surface area is 108 Å². The Balaban J connectivity index is 1.63. The quantitative estimate of drug-likeness (QED) is 0.793. The standard InChI is InChI=1S/C14H20N2O2/c15-8-13(7-11-3-4-12(13)18-11)14(17)5-6-16(9-14)10-1-2-10/h10-12,17H,1-7,9H2. The van der Waals surface area contributed by atoms with Gasteiger partial charge in [0.1, 0.15) is 5.41 Å². The number of hydrogen-bond donors (Lipinski definition) is 1. The molecule has 0 radical (unpaired) electrons. The second-order valence-corrected chi connectivity index (χ2v) is 6.59. The van der Waals surface area contributed by atoms with Gasteiger partial charge in [-0.05, 0) is 38.5 Å². The van der Waals surface area contributed by atoms with Crippen LogP contribution in [-0.4, -0.2) is 46.9 Å². The average Bonchev–Trinajstić information content (AvgIpc) is 2.85. The third-order valence-electron chi connectivity index (χ3n) is 5.58. The maximum atomic E-state index is 11.1. The zero-order valence-corrected chi connectivity index (χ0v) is 10.6. The maximum Gasteiger partial charge on any atom is 0.116 e. The first-order chi connectivity index (χ1) is 8.67. The van der Waals surface area contributed by atoms with Crippen LogP contribution in [0.2, 0.25) is 0 Å². The molecule has 2 bridgehead atoms. The normalized spacial score (nSPS) is 51.8. The number of aliphatic hydroxyl groups is 1. The first kappa shape index (κ1) is 11.2. The number of likely N-dealkylation sites (tertiary alicyclic amines) is 1. The highest BCUT2D eigenvalue weighted by atomic mass is 16.5. The SMILES string of the molecule is N#CC1(C2(O)CCN(C3CC3)C2)CC2CCC1O2. The lowest BCUT2D eigenvalue weighted by atomic mass is 9.63. The van der Waals surface area contributed by atoms with Gasteiger partial charge >= 0.3 is 0 Å². The van der Waals surface area contributed by atoms with E-state index in [1.807, 2.05) is 0 Å². The molecule has 3 heterocycles. The molecule has 0 aromatic carbocycles. The van der Waals surface area contributed by atoms with Gasteiger partial charge in [-0.15, -0.1) is 0 Å². The minimum absolute atomic E-state index is 0.0309. The van der Waals surface area contributed by atoms with E-state index in [1.165, 1.54) is 12.8 Å². The number of rotatable bonds is 2. The van der Waals surface area contributed by atoms with Gasteiger partial charge in [-0.2, -0.15) is 5.26 Å². The highest BCUT2D eigenvalue weighted by molar-refractivity contribution is 5.23. The van der Waals surface area contributed by atoms with Gasteiger partial charge in [0, 0.05) is 19.1 Å². The lowest BCUT2D eigenvalue weighted by molar-refractivity contribution is -0.0767. The Morgan fingerprint density at radius 3 is 2.67 bits per heavy atom. The predicted octanol–water partition coefficient (Wildman–Crippen LogP) is 1.05. The van der Waals surface area contributed by atoms with Gasteiger partial charge in [0.25, 0.3) is 0 Å². The van der Waals surface area contributed by atoms with Crippen LogP contribution in [0.3, 0.4) is 0 Å². The summed E-state index contributed by atoms with van der Waals surface area (Å²) >= 11 is 0. The summed E-state index contributed by atoms with van der Waals surface area (Å²) in [5, 5.41) is 20.8. The number of ether oxygens (including phenoxy) is 1. The van der Waals surface area contributed by atoms with E-state index < -0.39 is 11.0 Å². The molecule has 4 unspecified atom stereocenters. The number of nitrogens with zero attached hydrogens (tertiary/aromatic N) is 2. The van der Waals surface area contributed by atoms with Crippen LogP contribution in [0.25, 0.3) is 0 Å². The molecule has 0 amide bonds. The minimum atomic E-state index is -0.843. The van der Waals surface area contributed by atoms with E-state index in [-0.39, 0.29) is 12.2 Å². The summed E-state index contributed by atoms with van der Waals surface area (Å²) in [6, 6.07) is 3.14. The van der Waals surface area contributed by atoms with Crippen LogP contribution in [0, 0.1) is 16.7 Å². The summed E-state index contributed by atoms with van der Waals surface area (Å²) < 4.78 is 5.87. The van der Waals surface area contributed by atoms with Crippen molar-refractivity contribution in [1.29, 1.82) is 5.26 Å². The third kappa shape index (κ3) is 1.30. The molecule has 4 nitrogen and oxygen atoms in total. The zero-order valence-electron chi connectivity index (χ0n) is 10.6. The predicted molar refractivity (Wildman–Crippen MR) is 64.7 cm³/mol. The summed E-state index contributed by atoms with van der Waals surface area (Å²) in [6.07, 6.45) is 6.20. The van der Waals surface area contributed by atoms with Gasteiger partial charge in [-0.3, -0.25) is 4.90 Å². The Hall–Kier alpha value is -0.630. The smallest absolute Gasteiger partial charge is 0.116 e. The van der Waals surface area contributed by atoms with Crippen molar-refractivity contribution in [2.24, 2.45) is 5.41 Å². The van der Waals surface area contributed by atoms with Crippen LogP contribution in [0.4, 0.5) is 0 Å². The molecule has 3 saturated heterocycles. The fraction of sp³-hybridized carbons (Fsp3) is 0.929. The molecule has 4 rings (SSSR count). The first-order valence-electron chi connectivity index (χ1n) is 7.20. The fourth-order valence-corrected chi connectivity index (χ4v) is 4.36. The lowest BCUT2D eigenvalue weighted by Crippen LogP contribution is -2.54. The van der Waals surface area contributed by atoms with Crippen molar-refractivity contribution in [2.45, 2.75) is 62.4 Å². The Bertz CT molecular complexity index is 417. The number of β-amino-alcohol motifs (C(OH)–C–C–N with tert-alkyl or cyclic N) is 1. The molecule has 18 heavy (non-hydrogen) atoms. The number of nitriles is 1. The van der Waals surface area contributed by atoms with Crippen LogP contribution >= 0.6 is 0 Å². The monoisotopic (exact) mass is 248 g/mol. The highest BCUT2D eigenvalue weighted by Gasteiger charge is 2.65. The fourth-order valence-electron chi connectivity index (χ4n) is 4.36. The maximum absolute atomic E-state index is 11.1. The summed E-state index contributed by atoms with van der Waals surface area (Å²) in [6.45, 7) is 1.62. The molecule has 3 aliphatic heterocycles. The van der Waals surface area contributed by atoms with E-state index in [2.05, 4.69) is 11.0 Å². The van der Waals surface area contributed by atoms with Crippen LogP contribution < -0.4 is 0 Å². The van der Waals surface area contributed by atoms with Crippen LogP contribution in [0.1, 0.15) is 38.5 Å². The summed E-state index contributed by atoms with van der Waals surface area (Å²) in [5.74, 6) is 0. The summed E-state index contributed by atoms with van der Waals surface area (Å²) in [5.41, 5.74) is -1.48. The third-order valence-corrected chi connectivity index (χ3v) is 5.58. The van der Waals surface area contributed by atoms with E-state index in [4.69, 9.17) is 4.74 Å². The van der Waals surface area contributed by atoms with Crippen molar-refractivity contribution in [3.63, 3.8) is 0 Å². The number of fused-ring (bicyclic) bond motifs is 2. The van der Waals surface area contributed by atoms with Gasteiger partial charge in [-0.1, -0.05) is 0 Å². The van der Waals surface area contributed by atoms with Gasteiger partial charge < -0.3 is 9.84 Å². The van der Waals surface area contributed by atoms with Crippen LogP contribution in [0.5, 0.6) is 0 Å². The molecule has 0 aromatic heterocycles. The van der Waals surface area contributed by atoms with E-state index in [1.54, 1.807) is 0 Å². The van der Waals surface area contributed by atoms with Crippen molar-refractivity contribution >= 4 is 0 Å². The van der Waals surface area contributed by atoms with Crippen molar-refractivity contribution < 1.29 is 9.84 Å². The number of hydrogen-bond acceptors (Lipinski definition) is 4. The van der Waals surface area contributed by atoms with Crippen LogP contribution in [0.15, 0.2) is 0 Å². The minimum Gasteiger partial charge on any atom is -0.387 e. The molecule has 0 spiro atoms. The van der Waals surface area contributed by atoms with Gasteiger partial charge in [0.15, 0.2) is 0 Å². The van der Waals surface area contributed by atoms with Crippen molar-refractivity contribution in [3.05, 3.63) is 0 Å². The highest BCUT2D eigenvalue weighted by Crippen LogP contribution is 2.56.